The van der Waals surface area contributed by atoms with E-state index in [0.29, 0.717) is 13.1 Å². The molecule has 0 N–H and O–H groups in total. The first-order chi connectivity index (χ1) is 8.08. The second-order valence-electron chi connectivity index (χ2n) is 4.11. The molecule has 1 heterocycles. The predicted octanol–water partition coefficient (Wildman–Crippen LogP) is 0.539. The van der Waals surface area contributed by atoms with Crippen LogP contribution >= 0.6 is 0 Å². The standard InChI is InChI=1S/C11H20N4O2/c1-5-15-10(12-8-13-15)7-14(3)6-9(2)11(16)17-4/h8-9H,5-7H2,1-4H3. The summed E-state index contributed by atoms with van der Waals surface area (Å²) in [6.45, 7) is 6.00. The number of methoxy groups -OCH3 is 1. The fourth-order valence-electron chi connectivity index (χ4n) is 1.72. The maximum absolute atomic E-state index is 11.3. The molecule has 1 unspecified atom stereocenters. The smallest absolute Gasteiger partial charge is 0.309 e. The van der Waals surface area contributed by atoms with Crippen molar-refractivity contribution in [2.45, 2.75) is 26.9 Å². The first-order valence-electron chi connectivity index (χ1n) is 5.71. The third-order valence-corrected chi connectivity index (χ3v) is 2.60. The molecule has 6 nitrogen and oxygen atoms in total. The van der Waals surface area contributed by atoms with Crippen molar-refractivity contribution in [3.63, 3.8) is 0 Å². The van der Waals surface area contributed by atoms with Gasteiger partial charge in [0.25, 0.3) is 0 Å². The largest absolute Gasteiger partial charge is 0.469 e. The molecule has 6 heteroatoms. The summed E-state index contributed by atoms with van der Waals surface area (Å²) in [6.07, 6.45) is 1.55. The van der Waals surface area contributed by atoms with Crippen LogP contribution in [-0.4, -0.2) is 46.3 Å². The lowest BCUT2D eigenvalue weighted by Gasteiger charge is -2.19. The van der Waals surface area contributed by atoms with E-state index >= 15 is 0 Å². The van der Waals surface area contributed by atoms with Gasteiger partial charge in [-0.3, -0.25) is 9.69 Å². The number of esters is 1. The van der Waals surface area contributed by atoms with E-state index in [1.54, 1.807) is 6.33 Å². The van der Waals surface area contributed by atoms with Crippen molar-refractivity contribution < 1.29 is 9.53 Å². The first-order valence-corrected chi connectivity index (χ1v) is 5.71. The van der Waals surface area contributed by atoms with Crippen LogP contribution in [0.3, 0.4) is 0 Å². The minimum atomic E-state index is -0.186. The second-order valence-corrected chi connectivity index (χ2v) is 4.11. The normalized spacial score (nSPS) is 12.8. The van der Waals surface area contributed by atoms with Crippen LogP contribution < -0.4 is 0 Å². The molecule has 1 rings (SSSR count). The monoisotopic (exact) mass is 240 g/mol. The van der Waals surface area contributed by atoms with Gasteiger partial charge in [0.1, 0.15) is 12.2 Å². The third kappa shape index (κ3) is 3.81. The number of ether oxygens (including phenoxy) is 1. The van der Waals surface area contributed by atoms with Crippen LogP contribution in [0.5, 0.6) is 0 Å². The summed E-state index contributed by atoms with van der Waals surface area (Å²) in [7, 11) is 3.36. The fourth-order valence-corrected chi connectivity index (χ4v) is 1.72. The predicted molar refractivity (Wildman–Crippen MR) is 63.2 cm³/mol. The maximum atomic E-state index is 11.3. The van der Waals surface area contributed by atoms with Crippen LogP contribution in [0.25, 0.3) is 0 Å². The molecule has 0 bridgehead atoms. The van der Waals surface area contributed by atoms with Gasteiger partial charge in [0.2, 0.25) is 0 Å². The summed E-state index contributed by atoms with van der Waals surface area (Å²) in [4.78, 5) is 17.5. The van der Waals surface area contributed by atoms with Crippen molar-refractivity contribution in [1.82, 2.24) is 19.7 Å². The lowest BCUT2D eigenvalue weighted by atomic mass is 10.2. The molecule has 96 valence electrons. The minimum Gasteiger partial charge on any atom is -0.469 e. The van der Waals surface area contributed by atoms with Crippen LogP contribution in [0.4, 0.5) is 0 Å². The summed E-state index contributed by atoms with van der Waals surface area (Å²) in [5, 5.41) is 4.11. The quantitative estimate of drug-likeness (QED) is 0.679. The van der Waals surface area contributed by atoms with Gasteiger partial charge in [-0.05, 0) is 14.0 Å². The van der Waals surface area contributed by atoms with E-state index in [4.69, 9.17) is 4.74 Å². The Bertz CT molecular complexity index is 364. The van der Waals surface area contributed by atoms with E-state index in [2.05, 4.69) is 10.1 Å². The Hall–Kier alpha value is -1.43. The Kier molecular flexibility index (Phi) is 5.09. The van der Waals surface area contributed by atoms with Crippen molar-refractivity contribution in [1.29, 1.82) is 0 Å². The highest BCUT2D eigenvalue weighted by Crippen LogP contribution is 2.04. The molecule has 17 heavy (non-hydrogen) atoms. The molecule has 0 aliphatic rings. The third-order valence-electron chi connectivity index (χ3n) is 2.60. The van der Waals surface area contributed by atoms with Crippen molar-refractivity contribution in [2.75, 3.05) is 20.7 Å². The Labute approximate surface area is 102 Å². The number of hydrogen-bond donors (Lipinski definition) is 0. The average Bonchev–Trinajstić information content (AvgIpc) is 2.74. The van der Waals surface area contributed by atoms with Gasteiger partial charge in [0, 0.05) is 13.1 Å². The molecule has 0 amide bonds. The van der Waals surface area contributed by atoms with E-state index in [1.807, 2.05) is 30.5 Å². The van der Waals surface area contributed by atoms with Crippen molar-refractivity contribution in [3.8, 4) is 0 Å². The number of nitrogens with zero attached hydrogens (tertiary/aromatic N) is 4. The zero-order valence-electron chi connectivity index (χ0n) is 10.9. The highest BCUT2D eigenvalue weighted by Gasteiger charge is 2.16. The molecule has 0 radical (unpaired) electrons. The molecule has 1 aromatic heterocycles. The Morgan fingerprint density at radius 3 is 2.94 bits per heavy atom. The fraction of sp³-hybridized carbons (Fsp3) is 0.727. The molecule has 0 aliphatic carbocycles. The first kappa shape index (κ1) is 13.6. The molecule has 0 aromatic carbocycles. The van der Waals surface area contributed by atoms with E-state index < -0.39 is 0 Å². The van der Waals surface area contributed by atoms with Gasteiger partial charge in [-0.15, -0.1) is 0 Å². The molecule has 0 saturated heterocycles. The molecular formula is C11H20N4O2. The summed E-state index contributed by atoms with van der Waals surface area (Å²) in [6, 6.07) is 0. The lowest BCUT2D eigenvalue weighted by Crippen LogP contribution is -2.30. The molecule has 0 spiro atoms. The zero-order valence-corrected chi connectivity index (χ0v) is 10.9. The number of rotatable bonds is 6. The van der Waals surface area contributed by atoms with Crippen molar-refractivity contribution in [3.05, 3.63) is 12.2 Å². The van der Waals surface area contributed by atoms with Gasteiger partial charge in [-0.1, -0.05) is 6.92 Å². The topological polar surface area (TPSA) is 60.2 Å². The summed E-state index contributed by atoms with van der Waals surface area (Å²) in [5.41, 5.74) is 0. The van der Waals surface area contributed by atoms with Gasteiger partial charge in [-0.25, -0.2) is 9.67 Å². The maximum Gasteiger partial charge on any atom is 0.309 e. The van der Waals surface area contributed by atoms with Gasteiger partial charge < -0.3 is 4.74 Å². The molecule has 0 saturated carbocycles. The van der Waals surface area contributed by atoms with Crippen molar-refractivity contribution in [2.24, 2.45) is 5.92 Å². The molecular weight excluding hydrogens is 220 g/mol. The van der Waals surface area contributed by atoms with Crippen LogP contribution in [0.15, 0.2) is 6.33 Å². The summed E-state index contributed by atoms with van der Waals surface area (Å²) in [5.74, 6) is 0.587. The SMILES string of the molecule is CCn1ncnc1CN(C)CC(C)C(=O)OC. The molecule has 0 fully saturated rings. The zero-order chi connectivity index (χ0) is 12.8. The van der Waals surface area contributed by atoms with Crippen LogP contribution in [0, 0.1) is 5.92 Å². The number of aryl methyl sites for hydroxylation is 1. The Morgan fingerprint density at radius 1 is 1.65 bits per heavy atom. The number of aromatic nitrogens is 3. The van der Waals surface area contributed by atoms with E-state index in [9.17, 15) is 4.79 Å². The molecule has 1 aromatic rings. The van der Waals surface area contributed by atoms with Crippen molar-refractivity contribution >= 4 is 5.97 Å². The average molecular weight is 240 g/mol. The number of carbonyl (C=O) groups excluding carboxylic acids is 1. The van der Waals surface area contributed by atoms with Crippen LogP contribution in [-0.2, 0) is 22.6 Å². The highest BCUT2D eigenvalue weighted by molar-refractivity contribution is 5.71. The number of carbonyl (C=O) groups is 1. The summed E-state index contributed by atoms with van der Waals surface area (Å²) < 4.78 is 6.54. The lowest BCUT2D eigenvalue weighted by molar-refractivity contribution is -0.145. The van der Waals surface area contributed by atoms with Crippen LogP contribution in [0.2, 0.25) is 0 Å². The Morgan fingerprint density at radius 2 is 2.35 bits per heavy atom. The van der Waals surface area contributed by atoms with Crippen LogP contribution in [0.1, 0.15) is 19.7 Å². The molecule has 0 aliphatic heterocycles. The van der Waals surface area contributed by atoms with Gasteiger partial charge in [0.05, 0.1) is 19.6 Å². The van der Waals surface area contributed by atoms with E-state index in [1.165, 1.54) is 7.11 Å². The molecule has 1 atom stereocenters. The van der Waals surface area contributed by atoms with E-state index in [0.717, 1.165) is 12.4 Å². The van der Waals surface area contributed by atoms with Gasteiger partial charge >= 0.3 is 5.97 Å². The minimum absolute atomic E-state index is 0.136. The van der Waals surface area contributed by atoms with E-state index in [-0.39, 0.29) is 11.9 Å². The number of hydrogen-bond acceptors (Lipinski definition) is 5. The van der Waals surface area contributed by atoms with Gasteiger partial charge in [0.15, 0.2) is 0 Å². The second kappa shape index (κ2) is 6.34. The van der Waals surface area contributed by atoms with Gasteiger partial charge in [-0.2, -0.15) is 5.10 Å². The summed E-state index contributed by atoms with van der Waals surface area (Å²) >= 11 is 0. The highest BCUT2D eigenvalue weighted by atomic mass is 16.5. The Balaban J connectivity index is 2.49.